The van der Waals surface area contributed by atoms with Crippen molar-refractivity contribution in [3.8, 4) is 5.75 Å². The molecule has 0 saturated carbocycles. The average Bonchev–Trinajstić information content (AvgIpc) is 2.74. The molecule has 120 valence electrons. The Morgan fingerprint density at radius 1 is 1.45 bits per heavy atom. The van der Waals surface area contributed by atoms with E-state index < -0.39 is 11.7 Å². The molecular weight excluding hydrogens is 326 g/mol. The number of carbonyl (C=O) groups is 1. The quantitative estimate of drug-likeness (QED) is 0.830. The fraction of sp³-hybridized carbons (Fsp3) is 0.429. The predicted octanol–water partition coefficient (Wildman–Crippen LogP) is 3.44. The largest absolute Gasteiger partial charge is 0.492 e. The fourth-order valence-electron chi connectivity index (χ4n) is 1.70. The first-order chi connectivity index (χ1) is 10.2. The Labute approximate surface area is 137 Å². The highest BCUT2D eigenvalue weighted by atomic mass is 35.5. The van der Waals surface area contributed by atoms with Crippen LogP contribution >= 0.6 is 22.9 Å². The van der Waals surface area contributed by atoms with Crippen LogP contribution in [0.5, 0.6) is 5.75 Å². The van der Waals surface area contributed by atoms with E-state index >= 15 is 0 Å². The van der Waals surface area contributed by atoms with E-state index in [4.69, 9.17) is 26.8 Å². The molecule has 1 aromatic carbocycles. The number of carbonyl (C=O) groups excluding carboxylic acids is 1. The van der Waals surface area contributed by atoms with Crippen molar-refractivity contribution in [1.82, 2.24) is 10.3 Å². The van der Waals surface area contributed by atoms with Crippen molar-refractivity contribution in [3.63, 3.8) is 0 Å². The number of anilines is 1. The first-order valence-electron chi connectivity index (χ1n) is 6.70. The van der Waals surface area contributed by atoms with Gasteiger partial charge in [0.25, 0.3) is 0 Å². The van der Waals surface area contributed by atoms with Crippen LogP contribution in [0.4, 0.5) is 9.93 Å². The monoisotopic (exact) mass is 343 g/mol. The topological polar surface area (TPSA) is 86.5 Å². The Morgan fingerprint density at radius 3 is 2.86 bits per heavy atom. The van der Waals surface area contributed by atoms with Crippen molar-refractivity contribution in [2.24, 2.45) is 0 Å². The van der Waals surface area contributed by atoms with Gasteiger partial charge in [0.15, 0.2) is 5.13 Å². The van der Waals surface area contributed by atoms with Gasteiger partial charge in [-0.05, 0) is 26.8 Å². The van der Waals surface area contributed by atoms with E-state index in [0.717, 1.165) is 4.70 Å². The van der Waals surface area contributed by atoms with Crippen LogP contribution in [-0.2, 0) is 4.74 Å². The van der Waals surface area contributed by atoms with E-state index in [2.05, 4.69) is 10.3 Å². The Kier molecular flexibility index (Phi) is 4.97. The summed E-state index contributed by atoms with van der Waals surface area (Å²) in [5.41, 5.74) is 5.81. The summed E-state index contributed by atoms with van der Waals surface area (Å²) in [7, 11) is 0. The molecule has 0 unspecified atom stereocenters. The van der Waals surface area contributed by atoms with Gasteiger partial charge in [-0.15, -0.1) is 0 Å². The molecule has 0 atom stereocenters. The maximum absolute atomic E-state index is 11.5. The van der Waals surface area contributed by atoms with Crippen molar-refractivity contribution in [2.45, 2.75) is 26.4 Å². The molecule has 0 saturated heterocycles. The number of ether oxygens (including phenoxy) is 2. The smallest absolute Gasteiger partial charge is 0.407 e. The summed E-state index contributed by atoms with van der Waals surface area (Å²) in [5.74, 6) is 0.604. The van der Waals surface area contributed by atoms with Gasteiger partial charge in [0, 0.05) is 6.07 Å². The van der Waals surface area contributed by atoms with Gasteiger partial charge < -0.3 is 20.5 Å². The summed E-state index contributed by atoms with van der Waals surface area (Å²) in [6, 6.07) is 3.50. The second-order valence-corrected chi connectivity index (χ2v) is 7.05. The zero-order valence-corrected chi connectivity index (χ0v) is 14.2. The molecular formula is C14H18ClN3O3S. The van der Waals surface area contributed by atoms with Crippen LogP contribution in [-0.4, -0.2) is 29.8 Å². The Bertz CT molecular complexity index is 682. The zero-order chi connectivity index (χ0) is 16.3. The van der Waals surface area contributed by atoms with E-state index in [0.29, 0.717) is 34.6 Å². The summed E-state index contributed by atoms with van der Waals surface area (Å²) in [6.45, 7) is 6.05. The number of halogens is 1. The minimum atomic E-state index is -0.518. The molecule has 8 heteroatoms. The molecule has 22 heavy (non-hydrogen) atoms. The number of rotatable bonds is 4. The molecule has 0 aliphatic carbocycles. The van der Waals surface area contributed by atoms with E-state index in [-0.39, 0.29) is 0 Å². The molecule has 6 nitrogen and oxygen atoms in total. The number of nitrogens with zero attached hydrogens (tertiary/aromatic N) is 1. The maximum Gasteiger partial charge on any atom is 0.407 e. The van der Waals surface area contributed by atoms with Crippen LogP contribution in [0.15, 0.2) is 12.1 Å². The summed E-state index contributed by atoms with van der Waals surface area (Å²) in [5, 5.41) is 3.56. The molecule has 0 bridgehead atoms. The number of hydrogen-bond donors (Lipinski definition) is 2. The lowest BCUT2D eigenvalue weighted by molar-refractivity contribution is 0.0520. The molecule has 0 aliphatic heterocycles. The third-order valence-corrected chi connectivity index (χ3v) is 3.60. The number of nitrogen functional groups attached to an aromatic ring is 1. The lowest BCUT2D eigenvalue weighted by atomic mass is 10.2. The molecule has 0 spiro atoms. The maximum atomic E-state index is 11.5. The molecule has 3 N–H and O–H groups in total. The molecule has 0 radical (unpaired) electrons. The molecule has 1 aromatic heterocycles. The lowest BCUT2D eigenvalue weighted by Crippen LogP contribution is -2.34. The lowest BCUT2D eigenvalue weighted by Gasteiger charge is -2.19. The molecule has 1 amide bonds. The van der Waals surface area contributed by atoms with Crippen molar-refractivity contribution in [1.29, 1.82) is 0 Å². The molecule has 1 heterocycles. The first-order valence-corrected chi connectivity index (χ1v) is 7.89. The van der Waals surface area contributed by atoms with Crippen LogP contribution in [0.3, 0.4) is 0 Å². The Hall–Kier alpha value is -1.73. The summed E-state index contributed by atoms with van der Waals surface area (Å²) in [4.78, 5) is 15.6. The number of benzene rings is 1. The number of hydrogen-bond acceptors (Lipinski definition) is 6. The van der Waals surface area contributed by atoms with Crippen LogP contribution in [0, 0.1) is 0 Å². The summed E-state index contributed by atoms with van der Waals surface area (Å²) >= 11 is 7.47. The second-order valence-electron chi connectivity index (χ2n) is 5.58. The van der Waals surface area contributed by atoms with Crippen LogP contribution in [0.1, 0.15) is 20.8 Å². The van der Waals surface area contributed by atoms with Gasteiger partial charge in [-0.25, -0.2) is 9.78 Å². The van der Waals surface area contributed by atoms with Crippen molar-refractivity contribution in [2.75, 3.05) is 18.9 Å². The van der Waals surface area contributed by atoms with Crippen molar-refractivity contribution < 1.29 is 14.3 Å². The van der Waals surface area contributed by atoms with E-state index in [1.165, 1.54) is 11.3 Å². The highest BCUT2D eigenvalue weighted by Gasteiger charge is 2.15. The van der Waals surface area contributed by atoms with Crippen molar-refractivity contribution in [3.05, 3.63) is 17.2 Å². The van der Waals surface area contributed by atoms with Crippen molar-refractivity contribution >= 4 is 44.4 Å². The second kappa shape index (κ2) is 6.58. The normalized spacial score (nSPS) is 11.5. The van der Waals surface area contributed by atoms with Crippen LogP contribution in [0.2, 0.25) is 5.02 Å². The zero-order valence-electron chi connectivity index (χ0n) is 12.6. The minimum absolute atomic E-state index is 0.301. The van der Waals surface area contributed by atoms with E-state index in [9.17, 15) is 4.79 Å². The number of aromatic nitrogens is 1. The molecule has 0 aliphatic rings. The standard InChI is InChI=1S/C14H18ClN3O3S/c1-14(2,3)21-13(19)17-4-5-20-8-6-9(15)11-10(7-8)22-12(16)18-11/h6-7H,4-5H2,1-3H3,(H2,16,18)(H,17,19). The van der Waals surface area contributed by atoms with Gasteiger partial charge in [-0.2, -0.15) is 0 Å². The molecule has 2 rings (SSSR count). The van der Waals surface area contributed by atoms with E-state index in [1.54, 1.807) is 26.8 Å². The Morgan fingerprint density at radius 2 is 2.18 bits per heavy atom. The number of nitrogens with two attached hydrogens (primary N) is 1. The molecule has 2 aromatic rings. The SMILES string of the molecule is CC(C)(C)OC(=O)NCCOc1cc(Cl)c2nc(N)sc2c1. The fourth-order valence-corrected chi connectivity index (χ4v) is 2.80. The van der Waals surface area contributed by atoms with Gasteiger partial charge in [-0.3, -0.25) is 0 Å². The number of thiazole rings is 1. The summed E-state index contributed by atoms with van der Waals surface area (Å²) in [6.07, 6.45) is -0.472. The van der Waals surface area contributed by atoms with Crippen LogP contribution < -0.4 is 15.8 Å². The number of amides is 1. The number of alkyl carbamates (subject to hydrolysis) is 1. The highest BCUT2D eigenvalue weighted by molar-refractivity contribution is 7.22. The number of fused-ring (bicyclic) bond motifs is 1. The van der Waals surface area contributed by atoms with Gasteiger partial charge in [0.2, 0.25) is 0 Å². The van der Waals surface area contributed by atoms with Crippen LogP contribution in [0.25, 0.3) is 10.2 Å². The third-order valence-electron chi connectivity index (χ3n) is 2.48. The van der Waals surface area contributed by atoms with Gasteiger partial charge >= 0.3 is 6.09 Å². The Balaban J connectivity index is 1.86. The predicted molar refractivity (Wildman–Crippen MR) is 88.8 cm³/mol. The van der Waals surface area contributed by atoms with Gasteiger partial charge in [-0.1, -0.05) is 22.9 Å². The highest BCUT2D eigenvalue weighted by Crippen LogP contribution is 2.33. The third kappa shape index (κ3) is 4.64. The minimum Gasteiger partial charge on any atom is -0.492 e. The first kappa shape index (κ1) is 16.6. The molecule has 0 fully saturated rings. The number of nitrogens with one attached hydrogen (secondary N) is 1. The van der Waals surface area contributed by atoms with Gasteiger partial charge in [0.1, 0.15) is 23.5 Å². The van der Waals surface area contributed by atoms with E-state index in [1.807, 2.05) is 6.07 Å². The summed E-state index contributed by atoms with van der Waals surface area (Å²) < 4.78 is 11.6. The average molecular weight is 344 g/mol. The van der Waals surface area contributed by atoms with Gasteiger partial charge in [0.05, 0.1) is 16.3 Å².